The standard InChI is InChI=1S/C12H12N2O2/c1-13-7-3-5-9(15)11(13)12-10(16)6-4-8-14(12)2/h3-8H,1-2H3/b12-11-. The predicted octanol–water partition coefficient (Wildman–Crippen LogP) is -0.247. The molecule has 2 aliphatic heterocycles. The SMILES string of the molecule is CN1C=CC=C([O-])/C1=C1\C(=O)C=CC=[N+]1C. The average Bonchev–Trinajstić information content (AvgIpc) is 2.21. The third kappa shape index (κ3) is 1.58. The zero-order valence-electron chi connectivity index (χ0n) is 9.18. The smallest absolute Gasteiger partial charge is 0.276 e. The molecule has 0 aromatic heterocycles. The molecule has 16 heavy (non-hydrogen) atoms. The van der Waals surface area contributed by atoms with E-state index in [0.29, 0.717) is 11.4 Å². The van der Waals surface area contributed by atoms with Gasteiger partial charge >= 0.3 is 0 Å². The predicted molar refractivity (Wildman–Crippen MR) is 58.4 cm³/mol. The van der Waals surface area contributed by atoms with Gasteiger partial charge in [0.1, 0.15) is 12.7 Å². The maximum absolute atomic E-state index is 11.8. The zero-order chi connectivity index (χ0) is 11.7. The first kappa shape index (κ1) is 10.4. The minimum atomic E-state index is -0.149. The van der Waals surface area contributed by atoms with Crippen molar-refractivity contribution in [2.45, 2.75) is 0 Å². The lowest BCUT2D eigenvalue weighted by atomic mass is 10.1. The largest absolute Gasteiger partial charge is 0.871 e. The Balaban J connectivity index is 2.60. The van der Waals surface area contributed by atoms with E-state index in [1.165, 1.54) is 12.2 Å². The molecule has 2 rings (SSSR count). The highest BCUT2D eigenvalue weighted by molar-refractivity contribution is 6.06. The molecule has 0 bridgehead atoms. The summed E-state index contributed by atoms with van der Waals surface area (Å²) < 4.78 is 1.67. The number of ketones is 1. The summed E-state index contributed by atoms with van der Waals surface area (Å²) >= 11 is 0. The van der Waals surface area contributed by atoms with Crippen LogP contribution in [0.3, 0.4) is 0 Å². The Bertz CT molecular complexity index is 493. The number of allylic oxidation sites excluding steroid dienone is 4. The van der Waals surface area contributed by atoms with Crippen LogP contribution in [0, 0.1) is 0 Å². The molecule has 0 aliphatic carbocycles. The molecule has 0 aromatic carbocycles. The number of nitrogens with zero attached hydrogens (tertiary/aromatic N) is 2. The van der Waals surface area contributed by atoms with E-state index >= 15 is 0 Å². The number of likely N-dealkylation sites (N-methyl/N-ethyl adjacent to an activating group) is 2. The fourth-order valence-corrected chi connectivity index (χ4v) is 1.74. The van der Waals surface area contributed by atoms with E-state index in [4.69, 9.17) is 0 Å². The zero-order valence-corrected chi connectivity index (χ0v) is 9.18. The monoisotopic (exact) mass is 216 g/mol. The second-order valence-electron chi connectivity index (χ2n) is 3.66. The van der Waals surface area contributed by atoms with Crippen molar-refractivity contribution in [3.05, 3.63) is 47.7 Å². The Hall–Kier alpha value is -2.10. The Morgan fingerprint density at radius 2 is 2.12 bits per heavy atom. The quantitative estimate of drug-likeness (QED) is 0.414. The molecule has 0 atom stereocenters. The van der Waals surface area contributed by atoms with Crippen LogP contribution in [0.5, 0.6) is 0 Å². The lowest BCUT2D eigenvalue weighted by Crippen LogP contribution is -2.30. The van der Waals surface area contributed by atoms with Crippen LogP contribution in [0.1, 0.15) is 0 Å². The first-order chi connectivity index (χ1) is 7.61. The van der Waals surface area contributed by atoms with Crippen LogP contribution in [-0.4, -0.2) is 35.6 Å². The molecule has 0 fully saturated rings. The maximum Gasteiger partial charge on any atom is 0.276 e. The van der Waals surface area contributed by atoms with Crippen molar-refractivity contribution in [1.29, 1.82) is 0 Å². The van der Waals surface area contributed by atoms with Gasteiger partial charge in [0, 0.05) is 19.3 Å². The van der Waals surface area contributed by atoms with Crippen LogP contribution in [-0.2, 0) is 4.79 Å². The average molecular weight is 216 g/mol. The number of carbonyl (C=O) groups is 1. The fourth-order valence-electron chi connectivity index (χ4n) is 1.74. The van der Waals surface area contributed by atoms with E-state index in [-0.39, 0.29) is 11.5 Å². The fraction of sp³-hybridized carbons (Fsp3) is 0.167. The van der Waals surface area contributed by atoms with Gasteiger partial charge in [0.2, 0.25) is 0 Å². The Morgan fingerprint density at radius 1 is 1.38 bits per heavy atom. The Morgan fingerprint density at radius 3 is 2.75 bits per heavy atom. The van der Waals surface area contributed by atoms with Crippen molar-refractivity contribution in [3.8, 4) is 0 Å². The number of carbonyl (C=O) groups excluding carboxylic acids is 1. The summed E-state index contributed by atoms with van der Waals surface area (Å²) in [5.41, 5.74) is 0.825. The van der Waals surface area contributed by atoms with E-state index in [9.17, 15) is 9.90 Å². The van der Waals surface area contributed by atoms with Gasteiger partial charge in [-0.15, -0.1) is 0 Å². The molecule has 0 unspecified atom stereocenters. The minimum absolute atomic E-state index is 0.149. The highest BCUT2D eigenvalue weighted by Gasteiger charge is 2.26. The van der Waals surface area contributed by atoms with E-state index in [0.717, 1.165) is 0 Å². The van der Waals surface area contributed by atoms with Crippen LogP contribution in [0.2, 0.25) is 0 Å². The molecule has 0 amide bonds. The van der Waals surface area contributed by atoms with E-state index < -0.39 is 0 Å². The summed E-state index contributed by atoms with van der Waals surface area (Å²) in [6.45, 7) is 0. The minimum Gasteiger partial charge on any atom is -0.871 e. The van der Waals surface area contributed by atoms with Gasteiger partial charge in [-0.2, -0.15) is 4.58 Å². The first-order valence-electron chi connectivity index (χ1n) is 4.93. The molecular formula is C12H12N2O2. The van der Waals surface area contributed by atoms with Crippen LogP contribution < -0.4 is 5.11 Å². The number of hydrogen-bond donors (Lipinski definition) is 0. The molecule has 0 saturated carbocycles. The highest BCUT2D eigenvalue weighted by atomic mass is 16.3. The summed E-state index contributed by atoms with van der Waals surface area (Å²) in [5.74, 6) is -0.298. The van der Waals surface area contributed by atoms with Gasteiger partial charge in [0.05, 0.1) is 0 Å². The summed E-state index contributed by atoms with van der Waals surface area (Å²) in [7, 11) is 3.51. The van der Waals surface area contributed by atoms with Crippen molar-refractivity contribution in [1.82, 2.24) is 4.90 Å². The Labute approximate surface area is 93.8 Å². The van der Waals surface area contributed by atoms with Crippen molar-refractivity contribution < 1.29 is 14.5 Å². The van der Waals surface area contributed by atoms with Gasteiger partial charge in [-0.25, -0.2) is 0 Å². The molecule has 0 aromatic rings. The number of hydrogen-bond acceptors (Lipinski definition) is 3. The van der Waals surface area contributed by atoms with Gasteiger partial charge in [-0.1, -0.05) is 11.8 Å². The summed E-state index contributed by atoms with van der Waals surface area (Å²) in [6, 6.07) is 0. The lowest BCUT2D eigenvalue weighted by Gasteiger charge is -2.27. The van der Waals surface area contributed by atoms with Crippen LogP contribution in [0.25, 0.3) is 0 Å². The van der Waals surface area contributed by atoms with Crippen LogP contribution in [0.15, 0.2) is 47.7 Å². The molecule has 0 radical (unpaired) electrons. The Kier molecular flexibility index (Phi) is 2.48. The molecule has 2 heterocycles. The van der Waals surface area contributed by atoms with E-state index in [1.807, 2.05) is 0 Å². The van der Waals surface area contributed by atoms with Gasteiger partial charge < -0.3 is 10.0 Å². The first-order valence-corrected chi connectivity index (χ1v) is 4.93. The molecule has 2 aliphatic rings. The molecule has 0 spiro atoms. The van der Waals surface area contributed by atoms with Crippen molar-refractivity contribution in [2.24, 2.45) is 0 Å². The van der Waals surface area contributed by atoms with E-state index in [2.05, 4.69) is 0 Å². The molecule has 82 valence electrons. The van der Waals surface area contributed by atoms with Crippen LogP contribution >= 0.6 is 0 Å². The molecule has 0 saturated heterocycles. The van der Waals surface area contributed by atoms with Gasteiger partial charge in [-0.3, -0.25) is 4.79 Å². The maximum atomic E-state index is 11.8. The topological polar surface area (TPSA) is 46.4 Å². The lowest BCUT2D eigenvalue weighted by molar-refractivity contribution is -0.435. The third-order valence-corrected chi connectivity index (χ3v) is 2.51. The third-order valence-electron chi connectivity index (χ3n) is 2.51. The van der Waals surface area contributed by atoms with Crippen molar-refractivity contribution in [3.63, 3.8) is 0 Å². The number of rotatable bonds is 0. The molecule has 4 nitrogen and oxygen atoms in total. The summed E-state index contributed by atoms with van der Waals surface area (Å²) in [6.07, 6.45) is 9.76. The molecule has 0 N–H and O–H groups in total. The highest BCUT2D eigenvalue weighted by Crippen LogP contribution is 2.21. The van der Waals surface area contributed by atoms with Gasteiger partial charge in [0.25, 0.3) is 11.5 Å². The van der Waals surface area contributed by atoms with Gasteiger partial charge in [-0.05, 0) is 12.2 Å². The molecule has 4 heteroatoms. The second-order valence-corrected chi connectivity index (χ2v) is 3.66. The van der Waals surface area contributed by atoms with Crippen molar-refractivity contribution in [2.75, 3.05) is 14.1 Å². The van der Waals surface area contributed by atoms with Crippen molar-refractivity contribution >= 4 is 12.0 Å². The normalized spacial score (nSPS) is 24.6. The summed E-state index contributed by atoms with van der Waals surface area (Å²) in [4.78, 5) is 13.4. The second kappa shape index (κ2) is 3.81. The van der Waals surface area contributed by atoms with E-state index in [1.54, 1.807) is 48.1 Å². The van der Waals surface area contributed by atoms with Gasteiger partial charge in [0.15, 0.2) is 6.21 Å². The van der Waals surface area contributed by atoms with Crippen LogP contribution in [0.4, 0.5) is 0 Å². The molecular weight excluding hydrogens is 204 g/mol. The summed E-state index contributed by atoms with van der Waals surface area (Å²) in [5, 5.41) is 11.8.